The second kappa shape index (κ2) is 7.69. The number of halogens is 2. The van der Waals surface area contributed by atoms with Crippen molar-refractivity contribution in [3.05, 3.63) is 34.6 Å². The van der Waals surface area contributed by atoms with Gasteiger partial charge in [-0.2, -0.15) is 17.4 Å². The number of hydrogen-bond donors (Lipinski definition) is 1. The molecule has 0 radical (unpaired) electrons. The van der Waals surface area contributed by atoms with Gasteiger partial charge in [0.2, 0.25) is 0 Å². The van der Waals surface area contributed by atoms with E-state index in [2.05, 4.69) is 9.46 Å². The van der Waals surface area contributed by atoms with Crippen molar-refractivity contribution in [3.63, 3.8) is 0 Å². The lowest BCUT2D eigenvalue weighted by molar-refractivity contribution is -0.140. The summed E-state index contributed by atoms with van der Waals surface area (Å²) in [5.41, 5.74) is 0.520. The standard InChI is InChI=1S/C12H16ClFN2O4S/c1-16(6-5-12(17)20-2)21(18,19)15-8-9-3-4-11(14)10(13)7-9/h3-4,7,15H,5-6,8H2,1-2H3. The Hall–Kier alpha value is -1.22. The second-order valence-electron chi connectivity index (χ2n) is 4.22. The maximum atomic E-state index is 13.0. The molecule has 0 aromatic heterocycles. The SMILES string of the molecule is COC(=O)CCN(C)S(=O)(=O)NCc1ccc(F)c(Cl)c1. The largest absolute Gasteiger partial charge is 0.469 e. The van der Waals surface area contributed by atoms with Crippen molar-refractivity contribution in [3.8, 4) is 0 Å². The van der Waals surface area contributed by atoms with Gasteiger partial charge in [0.25, 0.3) is 10.2 Å². The highest BCUT2D eigenvalue weighted by molar-refractivity contribution is 7.87. The molecular formula is C12H16ClFN2O4S. The first kappa shape index (κ1) is 17.8. The van der Waals surface area contributed by atoms with Crippen molar-refractivity contribution in [2.45, 2.75) is 13.0 Å². The molecular weight excluding hydrogens is 323 g/mol. The van der Waals surface area contributed by atoms with Gasteiger partial charge in [-0.15, -0.1) is 0 Å². The molecule has 0 atom stereocenters. The summed E-state index contributed by atoms with van der Waals surface area (Å²) in [6.07, 6.45) is -0.0454. The average Bonchev–Trinajstić information content (AvgIpc) is 2.45. The monoisotopic (exact) mass is 338 g/mol. The molecule has 0 amide bonds. The molecule has 0 aliphatic rings. The van der Waals surface area contributed by atoms with E-state index in [4.69, 9.17) is 11.6 Å². The molecule has 1 aromatic carbocycles. The van der Waals surface area contributed by atoms with Gasteiger partial charge in [0.05, 0.1) is 18.6 Å². The summed E-state index contributed by atoms with van der Waals surface area (Å²) < 4.78 is 44.6. The van der Waals surface area contributed by atoms with Gasteiger partial charge >= 0.3 is 5.97 Å². The maximum Gasteiger partial charge on any atom is 0.306 e. The highest BCUT2D eigenvalue weighted by atomic mass is 35.5. The third-order valence-electron chi connectivity index (χ3n) is 2.71. The van der Waals surface area contributed by atoms with Crippen molar-refractivity contribution in [1.82, 2.24) is 9.03 Å². The number of nitrogens with one attached hydrogen (secondary N) is 1. The molecule has 0 aliphatic heterocycles. The Labute approximate surface area is 128 Å². The quantitative estimate of drug-likeness (QED) is 0.761. The maximum absolute atomic E-state index is 13.0. The molecule has 21 heavy (non-hydrogen) atoms. The Morgan fingerprint density at radius 1 is 1.48 bits per heavy atom. The molecule has 0 bridgehead atoms. The predicted octanol–water partition coefficient (Wildman–Crippen LogP) is 1.31. The number of carbonyl (C=O) groups excluding carboxylic acids is 1. The first-order valence-electron chi connectivity index (χ1n) is 5.98. The zero-order valence-electron chi connectivity index (χ0n) is 11.6. The van der Waals surface area contributed by atoms with Crippen LogP contribution in [-0.4, -0.2) is 39.4 Å². The third kappa shape index (κ3) is 5.58. The number of methoxy groups -OCH3 is 1. The summed E-state index contributed by atoms with van der Waals surface area (Å²) in [5, 5.41) is -0.0780. The Kier molecular flexibility index (Phi) is 6.53. The summed E-state index contributed by atoms with van der Waals surface area (Å²) in [6.45, 7) is -0.0446. The normalized spacial score (nSPS) is 11.7. The fraction of sp³-hybridized carbons (Fsp3) is 0.417. The van der Waals surface area contributed by atoms with Crippen LogP contribution >= 0.6 is 11.6 Å². The molecule has 0 spiro atoms. The molecule has 0 saturated carbocycles. The predicted molar refractivity (Wildman–Crippen MR) is 76.4 cm³/mol. The van der Waals surface area contributed by atoms with Crippen LogP contribution in [0.15, 0.2) is 18.2 Å². The minimum absolute atomic E-state index is 0.00776. The van der Waals surface area contributed by atoms with Crippen LogP contribution in [0.4, 0.5) is 4.39 Å². The number of ether oxygens (including phenoxy) is 1. The number of benzene rings is 1. The minimum Gasteiger partial charge on any atom is -0.469 e. The summed E-state index contributed by atoms with van der Waals surface area (Å²) >= 11 is 5.61. The highest BCUT2D eigenvalue weighted by Gasteiger charge is 2.18. The van der Waals surface area contributed by atoms with Crippen molar-refractivity contribution in [2.75, 3.05) is 20.7 Å². The van der Waals surface area contributed by atoms with Gasteiger partial charge in [-0.25, -0.2) is 4.39 Å². The first-order valence-corrected chi connectivity index (χ1v) is 7.79. The molecule has 9 heteroatoms. The molecule has 6 nitrogen and oxygen atoms in total. The average molecular weight is 339 g/mol. The zero-order valence-corrected chi connectivity index (χ0v) is 13.2. The van der Waals surface area contributed by atoms with E-state index in [1.54, 1.807) is 0 Å². The van der Waals surface area contributed by atoms with E-state index in [1.807, 2.05) is 0 Å². The second-order valence-corrected chi connectivity index (χ2v) is 6.49. The molecule has 0 fully saturated rings. The van der Waals surface area contributed by atoms with Crippen LogP contribution in [0.2, 0.25) is 5.02 Å². The van der Waals surface area contributed by atoms with E-state index in [0.717, 1.165) is 10.4 Å². The fourth-order valence-corrected chi connectivity index (χ4v) is 2.51. The van der Waals surface area contributed by atoms with Gasteiger partial charge in [0.15, 0.2) is 0 Å². The minimum atomic E-state index is -3.75. The lowest BCUT2D eigenvalue weighted by atomic mass is 10.2. The molecule has 118 valence electrons. The highest BCUT2D eigenvalue weighted by Crippen LogP contribution is 2.16. The molecule has 0 saturated heterocycles. The summed E-state index contributed by atoms with van der Waals surface area (Å²) in [4.78, 5) is 11.0. The van der Waals surface area contributed by atoms with Crippen molar-refractivity contribution >= 4 is 27.8 Å². The molecule has 1 aromatic rings. The Balaban J connectivity index is 2.59. The van der Waals surface area contributed by atoms with Crippen molar-refractivity contribution < 1.29 is 22.3 Å². The molecule has 1 rings (SSSR count). The van der Waals surface area contributed by atoms with Crippen LogP contribution in [0.5, 0.6) is 0 Å². The number of rotatable bonds is 7. The van der Waals surface area contributed by atoms with Crippen LogP contribution < -0.4 is 4.72 Å². The third-order valence-corrected chi connectivity index (χ3v) is 4.51. The van der Waals surface area contributed by atoms with E-state index < -0.39 is 22.0 Å². The molecule has 0 aliphatic carbocycles. The lowest BCUT2D eigenvalue weighted by Crippen LogP contribution is -2.38. The van der Waals surface area contributed by atoms with Crippen molar-refractivity contribution in [2.24, 2.45) is 0 Å². The topological polar surface area (TPSA) is 75.7 Å². The van der Waals surface area contributed by atoms with Gasteiger partial charge in [-0.05, 0) is 17.7 Å². The van der Waals surface area contributed by atoms with E-state index in [-0.39, 0.29) is 24.5 Å². The molecule has 1 N–H and O–H groups in total. The first-order chi connectivity index (χ1) is 9.76. The van der Waals surface area contributed by atoms with Gasteiger partial charge < -0.3 is 4.74 Å². The van der Waals surface area contributed by atoms with Crippen LogP contribution in [0.1, 0.15) is 12.0 Å². The van der Waals surface area contributed by atoms with E-state index in [9.17, 15) is 17.6 Å². The Morgan fingerprint density at radius 2 is 2.14 bits per heavy atom. The van der Waals surface area contributed by atoms with Crippen LogP contribution in [-0.2, 0) is 26.3 Å². The number of carbonyl (C=O) groups is 1. The van der Waals surface area contributed by atoms with E-state index in [0.29, 0.717) is 5.56 Å². The summed E-state index contributed by atoms with van der Waals surface area (Å²) in [5.74, 6) is -1.07. The summed E-state index contributed by atoms with van der Waals surface area (Å²) in [7, 11) is -1.18. The van der Waals surface area contributed by atoms with Gasteiger partial charge in [0.1, 0.15) is 5.82 Å². The van der Waals surface area contributed by atoms with Crippen molar-refractivity contribution in [1.29, 1.82) is 0 Å². The van der Waals surface area contributed by atoms with Gasteiger partial charge in [-0.3, -0.25) is 4.79 Å². The fourth-order valence-electron chi connectivity index (χ4n) is 1.41. The molecule has 0 heterocycles. The number of nitrogens with zero attached hydrogens (tertiary/aromatic N) is 1. The Bertz CT molecular complexity index is 609. The number of esters is 1. The van der Waals surface area contributed by atoms with Crippen LogP contribution in [0.25, 0.3) is 0 Å². The zero-order chi connectivity index (χ0) is 16.0. The smallest absolute Gasteiger partial charge is 0.306 e. The molecule has 0 unspecified atom stereocenters. The van der Waals surface area contributed by atoms with E-state index >= 15 is 0 Å². The van der Waals surface area contributed by atoms with Crippen LogP contribution in [0.3, 0.4) is 0 Å². The Morgan fingerprint density at radius 3 is 2.71 bits per heavy atom. The van der Waals surface area contributed by atoms with E-state index in [1.165, 1.54) is 26.3 Å². The van der Waals surface area contributed by atoms with Gasteiger partial charge in [-0.1, -0.05) is 17.7 Å². The van der Waals surface area contributed by atoms with Gasteiger partial charge in [0, 0.05) is 20.1 Å². The van der Waals surface area contributed by atoms with Crippen LogP contribution in [0, 0.1) is 5.82 Å². The lowest BCUT2D eigenvalue weighted by Gasteiger charge is -2.17. The summed E-state index contributed by atoms with van der Waals surface area (Å²) in [6, 6.07) is 3.93. The number of hydrogen-bond acceptors (Lipinski definition) is 4.